The van der Waals surface area contributed by atoms with Crippen LogP contribution in [-0.2, 0) is 10.0 Å². The minimum absolute atomic E-state index is 0.0384. The monoisotopic (exact) mass is 376 g/mol. The topological polar surface area (TPSA) is 98.5 Å². The van der Waals surface area contributed by atoms with E-state index in [-0.39, 0.29) is 26.4 Å². The lowest BCUT2D eigenvalue weighted by Crippen LogP contribution is -2.13. The molecule has 0 bridgehead atoms. The SMILES string of the molecule is COc1ccc(S(=O)(=O)Nc2ccc(Cl)c(Cl)c2)cc1[N+](=O)[O-]. The molecule has 2 rings (SSSR count). The van der Waals surface area contributed by atoms with Gasteiger partial charge in [0.25, 0.3) is 10.0 Å². The van der Waals surface area contributed by atoms with E-state index < -0.39 is 20.6 Å². The lowest BCUT2D eigenvalue weighted by atomic mass is 10.3. The van der Waals surface area contributed by atoms with E-state index in [4.69, 9.17) is 27.9 Å². The Balaban J connectivity index is 2.41. The van der Waals surface area contributed by atoms with Crippen molar-refractivity contribution >= 4 is 44.6 Å². The number of nitro benzene ring substituents is 1. The van der Waals surface area contributed by atoms with E-state index in [1.165, 1.54) is 37.4 Å². The summed E-state index contributed by atoms with van der Waals surface area (Å²) in [5.41, 5.74) is -0.276. The Morgan fingerprint density at radius 3 is 2.39 bits per heavy atom. The molecule has 2 aromatic carbocycles. The maximum Gasteiger partial charge on any atom is 0.312 e. The number of hydrogen-bond acceptors (Lipinski definition) is 5. The molecule has 1 N–H and O–H groups in total. The number of benzene rings is 2. The van der Waals surface area contributed by atoms with E-state index in [1.54, 1.807) is 0 Å². The third-order valence-electron chi connectivity index (χ3n) is 2.83. The van der Waals surface area contributed by atoms with Crippen molar-refractivity contribution in [3.63, 3.8) is 0 Å². The summed E-state index contributed by atoms with van der Waals surface area (Å²) in [6, 6.07) is 7.51. The van der Waals surface area contributed by atoms with E-state index in [9.17, 15) is 18.5 Å². The second kappa shape index (κ2) is 6.61. The van der Waals surface area contributed by atoms with Crippen LogP contribution >= 0.6 is 23.2 Å². The highest BCUT2D eigenvalue weighted by Crippen LogP contribution is 2.31. The molecule has 0 unspecified atom stereocenters. The number of nitro groups is 1. The van der Waals surface area contributed by atoms with Gasteiger partial charge in [0.05, 0.1) is 32.7 Å². The lowest BCUT2D eigenvalue weighted by molar-refractivity contribution is -0.386. The average molecular weight is 377 g/mol. The zero-order valence-electron chi connectivity index (χ0n) is 11.6. The van der Waals surface area contributed by atoms with Gasteiger partial charge < -0.3 is 4.74 Å². The van der Waals surface area contributed by atoms with Gasteiger partial charge in [-0.2, -0.15) is 0 Å². The first-order valence-electron chi connectivity index (χ1n) is 6.05. The third-order valence-corrected chi connectivity index (χ3v) is 4.95. The number of rotatable bonds is 5. The van der Waals surface area contributed by atoms with Crippen molar-refractivity contribution in [1.82, 2.24) is 0 Å². The first kappa shape index (κ1) is 17.3. The number of hydrogen-bond donors (Lipinski definition) is 1. The summed E-state index contributed by atoms with van der Waals surface area (Å²) >= 11 is 11.6. The Morgan fingerprint density at radius 1 is 1.13 bits per heavy atom. The number of methoxy groups -OCH3 is 1. The van der Waals surface area contributed by atoms with Gasteiger partial charge in [-0.1, -0.05) is 23.2 Å². The number of anilines is 1. The van der Waals surface area contributed by atoms with Crippen LogP contribution in [-0.4, -0.2) is 20.5 Å². The van der Waals surface area contributed by atoms with Crippen molar-refractivity contribution in [3.8, 4) is 5.75 Å². The molecule has 0 fully saturated rings. The fourth-order valence-corrected chi connectivity index (χ4v) is 3.12. The van der Waals surface area contributed by atoms with Gasteiger partial charge in [-0.05, 0) is 30.3 Å². The maximum absolute atomic E-state index is 12.3. The number of nitrogens with zero attached hydrogens (tertiary/aromatic N) is 1. The van der Waals surface area contributed by atoms with Gasteiger partial charge in [0, 0.05) is 6.07 Å². The van der Waals surface area contributed by atoms with Gasteiger partial charge in [0.2, 0.25) is 0 Å². The molecule has 0 saturated carbocycles. The molecule has 10 heteroatoms. The van der Waals surface area contributed by atoms with Gasteiger partial charge in [0.1, 0.15) is 0 Å². The summed E-state index contributed by atoms with van der Waals surface area (Å²) in [7, 11) is -2.78. The summed E-state index contributed by atoms with van der Waals surface area (Å²) in [5, 5.41) is 11.4. The summed E-state index contributed by atoms with van der Waals surface area (Å²) in [5.74, 6) is -0.0384. The van der Waals surface area contributed by atoms with E-state index in [1.807, 2.05) is 0 Å². The maximum atomic E-state index is 12.3. The molecule has 0 radical (unpaired) electrons. The second-order valence-corrected chi connectivity index (χ2v) is 6.82. The molecular weight excluding hydrogens is 367 g/mol. The second-order valence-electron chi connectivity index (χ2n) is 4.33. The highest BCUT2D eigenvalue weighted by molar-refractivity contribution is 7.92. The molecule has 0 heterocycles. The molecule has 0 spiro atoms. The molecule has 0 amide bonds. The molecule has 0 aromatic heterocycles. The number of sulfonamides is 1. The van der Waals surface area contributed by atoms with Crippen molar-refractivity contribution in [2.45, 2.75) is 4.90 Å². The molecule has 7 nitrogen and oxygen atoms in total. The molecule has 0 saturated heterocycles. The van der Waals surface area contributed by atoms with E-state index >= 15 is 0 Å². The van der Waals surface area contributed by atoms with Crippen molar-refractivity contribution in [3.05, 3.63) is 56.6 Å². The van der Waals surface area contributed by atoms with Gasteiger partial charge in [-0.25, -0.2) is 8.42 Å². The molecule has 23 heavy (non-hydrogen) atoms. The van der Waals surface area contributed by atoms with E-state index in [2.05, 4.69) is 4.72 Å². The predicted molar refractivity (Wildman–Crippen MR) is 86.9 cm³/mol. The van der Waals surface area contributed by atoms with Crippen LogP contribution in [0.25, 0.3) is 0 Å². The van der Waals surface area contributed by atoms with Crippen molar-refractivity contribution in [1.29, 1.82) is 0 Å². The fraction of sp³-hybridized carbons (Fsp3) is 0.0769. The minimum Gasteiger partial charge on any atom is -0.490 e. The van der Waals surface area contributed by atoms with Crippen LogP contribution < -0.4 is 9.46 Å². The Bertz CT molecular complexity index is 871. The van der Waals surface area contributed by atoms with Crippen molar-refractivity contribution in [2.75, 3.05) is 11.8 Å². The molecular formula is C13H10Cl2N2O5S. The van der Waals surface area contributed by atoms with Gasteiger partial charge in [-0.3, -0.25) is 14.8 Å². The van der Waals surface area contributed by atoms with Crippen LogP contribution in [0, 0.1) is 10.1 Å². The Kier molecular flexibility index (Phi) is 4.98. The summed E-state index contributed by atoms with van der Waals surface area (Å²) in [4.78, 5) is 9.97. The summed E-state index contributed by atoms with van der Waals surface area (Å²) in [6.45, 7) is 0. The average Bonchev–Trinajstić information content (AvgIpc) is 2.50. The van der Waals surface area contributed by atoms with Crippen LogP contribution in [0.1, 0.15) is 0 Å². The van der Waals surface area contributed by atoms with Gasteiger partial charge >= 0.3 is 5.69 Å². The van der Waals surface area contributed by atoms with Crippen molar-refractivity contribution in [2.24, 2.45) is 0 Å². The van der Waals surface area contributed by atoms with Crippen LogP contribution in [0.4, 0.5) is 11.4 Å². The van der Waals surface area contributed by atoms with E-state index in [0.29, 0.717) is 0 Å². The van der Waals surface area contributed by atoms with Gasteiger partial charge in [-0.15, -0.1) is 0 Å². The Hall–Kier alpha value is -2.03. The van der Waals surface area contributed by atoms with Crippen LogP contribution in [0.15, 0.2) is 41.3 Å². The highest BCUT2D eigenvalue weighted by Gasteiger charge is 2.22. The molecule has 2 aromatic rings. The zero-order valence-corrected chi connectivity index (χ0v) is 13.9. The van der Waals surface area contributed by atoms with E-state index in [0.717, 1.165) is 6.07 Å². The summed E-state index contributed by atoms with van der Waals surface area (Å²) in [6.07, 6.45) is 0. The number of nitrogens with one attached hydrogen (secondary N) is 1. The summed E-state index contributed by atoms with van der Waals surface area (Å²) < 4.78 is 31.7. The molecule has 0 atom stereocenters. The lowest BCUT2D eigenvalue weighted by Gasteiger charge is -2.10. The number of ether oxygens (including phenoxy) is 1. The number of halogens is 2. The third kappa shape index (κ3) is 3.84. The predicted octanol–water partition coefficient (Wildman–Crippen LogP) is 3.71. The zero-order chi connectivity index (χ0) is 17.2. The largest absolute Gasteiger partial charge is 0.490 e. The molecule has 0 aliphatic heterocycles. The Morgan fingerprint density at radius 2 is 1.83 bits per heavy atom. The van der Waals surface area contributed by atoms with Crippen LogP contribution in [0.5, 0.6) is 5.75 Å². The Labute approximate surface area is 142 Å². The first-order valence-corrected chi connectivity index (χ1v) is 8.29. The molecule has 0 aliphatic carbocycles. The van der Waals surface area contributed by atoms with Crippen LogP contribution in [0.2, 0.25) is 10.0 Å². The molecule has 0 aliphatic rings. The first-order chi connectivity index (χ1) is 10.7. The smallest absolute Gasteiger partial charge is 0.312 e. The van der Waals surface area contributed by atoms with Gasteiger partial charge in [0.15, 0.2) is 5.75 Å². The normalized spacial score (nSPS) is 11.1. The van der Waals surface area contributed by atoms with Crippen molar-refractivity contribution < 1.29 is 18.1 Å². The minimum atomic E-state index is -4.04. The van der Waals surface area contributed by atoms with Crippen LogP contribution in [0.3, 0.4) is 0 Å². The molecule has 122 valence electrons. The standard InChI is InChI=1S/C13H10Cl2N2O5S/c1-22-13-5-3-9(7-12(13)17(18)19)23(20,21)16-8-2-4-10(14)11(15)6-8/h2-7,16H,1H3. The highest BCUT2D eigenvalue weighted by atomic mass is 35.5. The fourth-order valence-electron chi connectivity index (χ4n) is 1.75. The quantitative estimate of drug-likeness (QED) is 0.633.